The summed E-state index contributed by atoms with van der Waals surface area (Å²) in [7, 11) is 6.49. The number of rotatable bonds is 1. The Morgan fingerprint density at radius 2 is 1.38 bits per heavy atom. The maximum absolute atomic E-state index is 8.24. The van der Waals surface area contributed by atoms with E-state index < -0.39 is 11.3 Å². The van der Waals surface area contributed by atoms with E-state index in [0.29, 0.717) is 0 Å². The van der Waals surface area contributed by atoms with Crippen molar-refractivity contribution < 1.29 is 20.6 Å². The molecule has 0 unspecified atom stereocenters. The number of benzene rings is 1. The van der Waals surface area contributed by atoms with Crippen LogP contribution in [0, 0.1) is 11.3 Å². The van der Waals surface area contributed by atoms with Gasteiger partial charge in [0.25, 0.3) is 0 Å². The SMILES string of the molecule is C[N+](C)(C)c1ccccc1.[O-][Cl+][O-]. The van der Waals surface area contributed by atoms with Gasteiger partial charge in [0.2, 0.25) is 0 Å². The summed E-state index contributed by atoms with van der Waals surface area (Å²) >= 11 is -0.417. The molecule has 0 heterocycles. The number of hydrogen-bond acceptors (Lipinski definition) is 2. The van der Waals surface area contributed by atoms with Crippen LogP contribution in [0.15, 0.2) is 30.3 Å². The minimum atomic E-state index is -0.417. The minimum absolute atomic E-state index is 0.417. The van der Waals surface area contributed by atoms with Gasteiger partial charge in [0, 0.05) is 0 Å². The molecule has 3 nitrogen and oxygen atoms in total. The van der Waals surface area contributed by atoms with Gasteiger partial charge in [0.1, 0.15) is 5.69 Å². The van der Waals surface area contributed by atoms with E-state index in [1.165, 1.54) is 5.69 Å². The Labute approximate surface area is 82.9 Å². The lowest BCUT2D eigenvalue weighted by molar-refractivity contribution is -1.41. The van der Waals surface area contributed by atoms with Crippen molar-refractivity contribution in [2.75, 3.05) is 21.1 Å². The lowest BCUT2D eigenvalue weighted by atomic mass is 10.3. The molecule has 4 heteroatoms. The summed E-state index contributed by atoms with van der Waals surface area (Å²) in [5.74, 6) is 0. The number of para-hydroxylation sites is 1. The fourth-order valence-electron chi connectivity index (χ4n) is 0.875. The summed E-state index contributed by atoms with van der Waals surface area (Å²) in [4.78, 5) is 0. The summed E-state index contributed by atoms with van der Waals surface area (Å²) in [6.45, 7) is 0. The fourth-order valence-corrected chi connectivity index (χ4v) is 0.875. The summed E-state index contributed by atoms with van der Waals surface area (Å²) in [6.07, 6.45) is 0. The Hall–Kier alpha value is -0.610. The predicted octanol–water partition coefficient (Wildman–Crippen LogP) is -0.495. The average molecular weight is 204 g/mol. The number of nitrogens with zero attached hydrogens (tertiary/aromatic N) is 1. The largest absolute Gasteiger partial charge is 0.544 e. The standard InChI is InChI=1S/C9H14N.ClO2/c1-10(2,3)9-7-5-4-6-8-9;2-1-3/h4-8H,1-3H3;/q+1;-1. The van der Waals surface area contributed by atoms with E-state index in [0.717, 1.165) is 4.48 Å². The molecule has 0 bridgehead atoms. The van der Waals surface area contributed by atoms with Gasteiger partial charge in [-0.3, -0.25) is 4.48 Å². The van der Waals surface area contributed by atoms with Gasteiger partial charge in [-0.2, -0.15) is 0 Å². The van der Waals surface area contributed by atoms with Crippen molar-refractivity contribution in [1.82, 2.24) is 4.48 Å². The van der Waals surface area contributed by atoms with E-state index in [4.69, 9.17) is 9.32 Å². The van der Waals surface area contributed by atoms with Crippen LogP contribution >= 0.6 is 0 Å². The molecule has 1 rings (SSSR count). The first-order chi connectivity index (χ1) is 6.02. The zero-order chi connectivity index (χ0) is 10.3. The van der Waals surface area contributed by atoms with Crippen molar-refractivity contribution in [2.45, 2.75) is 0 Å². The molecule has 0 aliphatic rings. The molecule has 0 aliphatic carbocycles. The molecule has 74 valence electrons. The van der Waals surface area contributed by atoms with Crippen LogP contribution in [0.5, 0.6) is 0 Å². The molecule has 0 saturated heterocycles. The molecule has 0 aliphatic heterocycles. The Morgan fingerprint density at radius 3 is 1.62 bits per heavy atom. The van der Waals surface area contributed by atoms with E-state index in [-0.39, 0.29) is 0 Å². The Kier molecular flexibility index (Phi) is 5.66. The molecule has 1 aromatic carbocycles. The van der Waals surface area contributed by atoms with Gasteiger partial charge >= 0.3 is 0 Å². The highest BCUT2D eigenvalue weighted by molar-refractivity contribution is 5.40. The monoisotopic (exact) mass is 203 g/mol. The number of quaternary nitrogens is 1. The molecule has 0 spiro atoms. The molecule has 1 aromatic rings. The van der Waals surface area contributed by atoms with E-state index >= 15 is 0 Å². The Balaban J connectivity index is 0.000000424. The molecular formula is C9H14ClNO2. The maximum atomic E-state index is 8.24. The summed E-state index contributed by atoms with van der Waals surface area (Å²) in [6, 6.07) is 10.5. The molecule has 13 heavy (non-hydrogen) atoms. The van der Waals surface area contributed by atoms with Gasteiger partial charge < -0.3 is 9.32 Å². The molecule has 0 N–H and O–H groups in total. The highest BCUT2D eigenvalue weighted by Gasteiger charge is 2.08. The second kappa shape index (κ2) is 5.94. The molecule has 0 aromatic heterocycles. The lowest BCUT2D eigenvalue weighted by Crippen LogP contribution is -2.34. The van der Waals surface area contributed by atoms with E-state index in [1.54, 1.807) is 0 Å². The van der Waals surface area contributed by atoms with Gasteiger partial charge in [0.05, 0.1) is 32.5 Å². The van der Waals surface area contributed by atoms with Crippen LogP contribution in [0.4, 0.5) is 5.69 Å². The first-order valence-electron chi connectivity index (χ1n) is 3.78. The molecule has 0 radical (unpaired) electrons. The highest BCUT2D eigenvalue weighted by atomic mass is 35.6. The zero-order valence-electron chi connectivity index (χ0n) is 8.03. The first kappa shape index (κ1) is 12.4. The molecule has 0 atom stereocenters. The third-order valence-corrected chi connectivity index (χ3v) is 1.53. The van der Waals surface area contributed by atoms with Crippen LogP contribution in [0.3, 0.4) is 0 Å². The van der Waals surface area contributed by atoms with Crippen LogP contribution in [0.25, 0.3) is 0 Å². The van der Waals surface area contributed by atoms with Crippen LogP contribution in [0.1, 0.15) is 0 Å². The summed E-state index contributed by atoms with van der Waals surface area (Å²) < 4.78 is 17.4. The van der Waals surface area contributed by atoms with Crippen molar-refractivity contribution in [3.05, 3.63) is 30.3 Å². The van der Waals surface area contributed by atoms with Crippen molar-refractivity contribution in [3.8, 4) is 0 Å². The van der Waals surface area contributed by atoms with E-state index in [2.05, 4.69) is 45.4 Å². The molecule has 0 amide bonds. The predicted molar refractivity (Wildman–Crippen MR) is 46.0 cm³/mol. The van der Waals surface area contributed by atoms with Gasteiger partial charge in [-0.05, 0) is 12.1 Å². The topological polar surface area (TPSA) is 46.1 Å². The van der Waals surface area contributed by atoms with Crippen LogP contribution in [-0.2, 0) is 0 Å². The number of hydrogen-bond donors (Lipinski definition) is 0. The van der Waals surface area contributed by atoms with E-state index in [9.17, 15) is 0 Å². The van der Waals surface area contributed by atoms with Gasteiger partial charge in [0.15, 0.2) is 0 Å². The van der Waals surface area contributed by atoms with Crippen LogP contribution in [0.2, 0.25) is 0 Å². The smallest absolute Gasteiger partial charge is 0.132 e. The fraction of sp³-hybridized carbons (Fsp3) is 0.333. The summed E-state index contributed by atoms with van der Waals surface area (Å²) in [5.41, 5.74) is 1.34. The highest BCUT2D eigenvalue weighted by Crippen LogP contribution is 2.14. The maximum Gasteiger partial charge on any atom is 0.132 e. The van der Waals surface area contributed by atoms with Gasteiger partial charge in [-0.1, -0.05) is 18.2 Å². The average Bonchev–Trinajstić information content (AvgIpc) is 2.06. The Bertz CT molecular complexity index is 221. The minimum Gasteiger partial charge on any atom is -0.544 e. The quantitative estimate of drug-likeness (QED) is 0.578. The second-order valence-corrected chi connectivity index (χ2v) is 3.54. The first-order valence-corrected chi connectivity index (χ1v) is 4.40. The van der Waals surface area contributed by atoms with Gasteiger partial charge in [-0.25, -0.2) is 0 Å². The lowest BCUT2D eigenvalue weighted by Gasteiger charge is -2.22. The van der Waals surface area contributed by atoms with Crippen molar-refractivity contribution >= 4 is 5.69 Å². The van der Waals surface area contributed by atoms with Crippen molar-refractivity contribution in [2.24, 2.45) is 0 Å². The van der Waals surface area contributed by atoms with Crippen molar-refractivity contribution in [1.29, 1.82) is 0 Å². The summed E-state index contributed by atoms with van der Waals surface area (Å²) in [5, 5.41) is 0. The van der Waals surface area contributed by atoms with Crippen LogP contribution < -0.4 is 13.8 Å². The molecule has 0 fully saturated rings. The van der Waals surface area contributed by atoms with Crippen molar-refractivity contribution in [3.63, 3.8) is 0 Å². The Morgan fingerprint density at radius 1 is 1.00 bits per heavy atom. The van der Waals surface area contributed by atoms with Crippen LogP contribution in [-0.4, -0.2) is 21.1 Å². The second-order valence-electron chi connectivity index (χ2n) is 3.41. The van der Waals surface area contributed by atoms with E-state index in [1.807, 2.05) is 6.07 Å². The number of halogens is 1. The van der Waals surface area contributed by atoms with Gasteiger partial charge in [-0.15, -0.1) is 0 Å². The zero-order valence-corrected chi connectivity index (χ0v) is 8.78. The normalized spacial score (nSPS) is 10.2. The third kappa shape index (κ3) is 5.60. The third-order valence-electron chi connectivity index (χ3n) is 1.53. The molecular weight excluding hydrogens is 190 g/mol. The molecule has 0 saturated carbocycles.